The van der Waals surface area contributed by atoms with Crippen LogP contribution in [0.2, 0.25) is 0 Å². The number of fused-ring (bicyclic) bond motifs is 1. The van der Waals surface area contributed by atoms with Crippen LogP contribution in [0.25, 0.3) is 10.8 Å². The smallest absolute Gasteiger partial charge is 0.295 e. The molecular weight excluding hydrogens is 675 g/mol. The molecule has 0 fully saturated rings. The first-order valence-electron chi connectivity index (χ1n) is 11.1. The summed E-state index contributed by atoms with van der Waals surface area (Å²) in [5, 5.41) is -1.80. The van der Waals surface area contributed by atoms with Crippen molar-refractivity contribution >= 4 is 78.2 Å². The van der Waals surface area contributed by atoms with E-state index in [-0.39, 0.29) is 22.3 Å². The zero-order valence-electron chi connectivity index (χ0n) is 21.0. The second-order valence-corrected chi connectivity index (χ2v) is 16.3. The Hall–Kier alpha value is -3.83. The van der Waals surface area contributed by atoms with Crippen LogP contribution >= 0.6 is 0 Å². The summed E-state index contributed by atoms with van der Waals surface area (Å²) in [5.74, 6) is 0. The van der Waals surface area contributed by atoms with Crippen molar-refractivity contribution < 1.29 is 55.7 Å². The minimum absolute atomic E-state index is 0.142. The number of hydrogen-bond donors (Lipinski definition) is 6. The summed E-state index contributed by atoms with van der Waals surface area (Å²) in [4.78, 5) is -4.47. The van der Waals surface area contributed by atoms with Crippen molar-refractivity contribution in [2.45, 2.75) is 24.5 Å². The fraction of sp³-hybridized carbons (Fsp3) is 0. The molecule has 0 aliphatic carbocycles. The Morgan fingerprint density at radius 1 is 0.535 bits per heavy atom. The molecule has 0 saturated carbocycles. The quantitative estimate of drug-likeness (QED) is 0.108. The van der Waals surface area contributed by atoms with Gasteiger partial charge in [0.15, 0.2) is 0 Å². The molecule has 0 unspecified atom stereocenters. The molecule has 4 aromatic rings. The summed E-state index contributed by atoms with van der Waals surface area (Å²) in [6.07, 6.45) is 0. The summed E-state index contributed by atoms with van der Waals surface area (Å²) in [5.41, 5.74) is 4.81. The van der Waals surface area contributed by atoms with Gasteiger partial charge in [-0.1, -0.05) is 12.1 Å². The van der Waals surface area contributed by atoms with E-state index in [4.69, 9.17) is 5.73 Å². The molecule has 16 nitrogen and oxygen atoms in total. The third kappa shape index (κ3) is 6.88. The van der Waals surface area contributed by atoms with Gasteiger partial charge in [0, 0.05) is 16.5 Å². The Bertz CT molecular complexity index is 2360. The SMILES string of the molecule is Nc1cccc(S(=O)(=O)Nc2cccc(S(=O)(=O)Nc3ccc(S(=O)(=O)O)c4cc(S(=O)(=O)O)cc(S(=O)(=O)O)c34)c2)c1. The van der Waals surface area contributed by atoms with Gasteiger partial charge in [0.05, 0.1) is 26.1 Å². The van der Waals surface area contributed by atoms with Gasteiger partial charge in [0.2, 0.25) is 0 Å². The zero-order chi connectivity index (χ0) is 32.2. The lowest BCUT2D eigenvalue weighted by atomic mass is 10.1. The maximum absolute atomic E-state index is 13.3. The van der Waals surface area contributed by atoms with Gasteiger partial charge in [0.25, 0.3) is 50.4 Å². The van der Waals surface area contributed by atoms with Gasteiger partial charge in [-0.25, -0.2) is 16.8 Å². The molecule has 0 aromatic heterocycles. The van der Waals surface area contributed by atoms with Crippen molar-refractivity contribution in [1.82, 2.24) is 0 Å². The summed E-state index contributed by atoms with van der Waals surface area (Å²) in [7, 11) is -24.9. The van der Waals surface area contributed by atoms with Crippen LogP contribution in [-0.2, 0) is 50.4 Å². The van der Waals surface area contributed by atoms with Crippen LogP contribution in [0.3, 0.4) is 0 Å². The minimum atomic E-state index is -5.45. The molecule has 0 aliphatic rings. The molecular formula is C22H19N3O13S5. The van der Waals surface area contributed by atoms with Crippen molar-refractivity contribution in [3.05, 3.63) is 72.8 Å². The predicted molar refractivity (Wildman–Crippen MR) is 152 cm³/mol. The number of rotatable bonds is 9. The highest BCUT2D eigenvalue weighted by atomic mass is 32.2. The van der Waals surface area contributed by atoms with E-state index < -0.39 is 86.4 Å². The van der Waals surface area contributed by atoms with E-state index >= 15 is 0 Å². The molecule has 230 valence electrons. The summed E-state index contributed by atoms with van der Waals surface area (Å²) >= 11 is 0. The van der Waals surface area contributed by atoms with E-state index in [9.17, 15) is 55.7 Å². The molecule has 0 bridgehead atoms. The molecule has 0 spiro atoms. The normalized spacial score (nSPS) is 13.1. The molecule has 0 aliphatic heterocycles. The van der Waals surface area contributed by atoms with Gasteiger partial charge in [-0.2, -0.15) is 25.3 Å². The van der Waals surface area contributed by atoms with E-state index in [2.05, 4.69) is 4.72 Å². The van der Waals surface area contributed by atoms with E-state index in [1.165, 1.54) is 24.3 Å². The standard InChI is InChI=1S/C22H19N3O13S5/c23-13-3-1-5-15(9-13)39(26,27)24-14-4-2-6-16(10-14)40(28,29)25-19-7-8-20(42(33,34)35)18-11-17(41(30,31)32)12-21(22(18)19)43(36,37)38/h1-12,24-25H,23H2,(H,30,31,32)(H,33,34,35)(H,36,37,38). The Balaban J connectivity index is 1.88. The van der Waals surface area contributed by atoms with Crippen molar-refractivity contribution in [1.29, 1.82) is 0 Å². The largest absolute Gasteiger partial charge is 0.399 e. The predicted octanol–water partition coefficient (Wildman–Crippen LogP) is 1.76. The average Bonchev–Trinajstić information content (AvgIpc) is 2.86. The first-order valence-corrected chi connectivity index (χ1v) is 18.4. The van der Waals surface area contributed by atoms with Gasteiger partial charge in [-0.3, -0.25) is 23.1 Å². The van der Waals surface area contributed by atoms with Crippen molar-refractivity contribution in [2.24, 2.45) is 0 Å². The fourth-order valence-electron chi connectivity index (χ4n) is 3.88. The van der Waals surface area contributed by atoms with E-state index in [0.717, 1.165) is 24.3 Å². The Morgan fingerprint density at radius 2 is 1.09 bits per heavy atom. The Kier molecular flexibility index (Phi) is 7.99. The highest BCUT2D eigenvalue weighted by Crippen LogP contribution is 2.38. The molecule has 0 heterocycles. The van der Waals surface area contributed by atoms with Gasteiger partial charge in [-0.05, 0) is 60.7 Å². The average molecular weight is 694 g/mol. The van der Waals surface area contributed by atoms with E-state index in [1.54, 1.807) is 0 Å². The van der Waals surface area contributed by atoms with Gasteiger partial charge in [0.1, 0.15) is 9.79 Å². The number of sulfonamides is 2. The number of nitrogens with one attached hydrogen (secondary N) is 2. The Labute approximate surface area is 245 Å². The van der Waals surface area contributed by atoms with Crippen molar-refractivity contribution in [3.8, 4) is 0 Å². The number of hydrogen-bond acceptors (Lipinski definition) is 11. The zero-order valence-corrected chi connectivity index (χ0v) is 25.1. The van der Waals surface area contributed by atoms with Crippen LogP contribution in [-0.4, -0.2) is 55.7 Å². The third-order valence-electron chi connectivity index (χ3n) is 5.67. The summed E-state index contributed by atoms with van der Waals surface area (Å²) in [6, 6.07) is 11.5. The fourth-order valence-corrected chi connectivity index (χ4v) is 8.15. The molecule has 43 heavy (non-hydrogen) atoms. The second kappa shape index (κ2) is 10.7. The van der Waals surface area contributed by atoms with Gasteiger partial charge < -0.3 is 5.73 Å². The second-order valence-electron chi connectivity index (χ2n) is 8.69. The Morgan fingerprint density at radius 3 is 1.65 bits per heavy atom. The summed E-state index contributed by atoms with van der Waals surface area (Å²) < 4.78 is 157. The molecule has 0 radical (unpaired) electrons. The first kappa shape index (κ1) is 32.1. The number of nitrogens with two attached hydrogens (primary N) is 1. The highest BCUT2D eigenvalue weighted by Gasteiger charge is 2.28. The third-order valence-corrected chi connectivity index (χ3v) is 11.0. The minimum Gasteiger partial charge on any atom is -0.399 e. The summed E-state index contributed by atoms with van der Waals surface area (Å²) in [6.45, 7) is 0. The maximum atomic E-state index is 13.3. The van der Waals surface area contributed by atoms with Crippen LogP contribution in [0.5, 0.6) is 0 Å². The molecule has 21 heteroatoms. The van der Waals surface area contributed by atoms with Crippen LogP contribution in [0.4, 0.5) is 17.1 Å². The van der Waals surface area contributed by atoms with Crippen LogP contribution in [0.1, 0.15) is 0 Å². The topological polar surface area (TPSA) is 281 Å². The number of anilines is 3. The van der Waals surface area contributed by atoms with Gasteiger partial charge in [-0.15, -0.1) is 0 Å². The van der Waals surface area contributed by atoms with Gasteiger partial charge >= 0.3 is 0 Å². The first-order chi connectivity index (χ1) is 19.6. The van der Waals surface area contributed by atoms with E-state index in [1.807, 2.05) is 4.72 Å². The lowest BCUT2D eigenvalue weighted by Crippen LogP contribution is -2.16. The van der Waals surface area contributed by atoms with Crippen LogP contribution < -0.4 is 15.2 Å². The lowest BCUT2D eigenvalue weighted by Gasteiger charge is -2.16. The van der Waals surface area contributed by atoms with Crippen molar-refractivity contribution in [2.75, 3.05) is 15.2 Å². The monoisotopic (exact) mass is 693 g/mol. The van der Waals surface area contributed by atoms with Crippen LogP contribution in [0.15, 0.2) is 97.3 Å². The molecule has 0 amide bonds. The number of nitrogen functional groups attached to an aromatic ring is 1. The molecule has 7 N–H and O–H groups in total. The highest BCUT2D eigenvalue weighted by molar-refractivity contribution is 7.93. The molecule has 4 rings (SSSR count). The van der Waals surface area contributed by atoms with Crippen LogP contribution in [0, 0.1) is 0 Å². The molecule has 0 saturated heterocycles. The lowest BCUT2D eigenvalue weighted by molar-refractivity contribution is 0.478. The number of benzene rings is 4. The maximum Gasteiger partial charge on any atom is 0.295 e. The van der Waals surface area contributed by atoms with Crippen molar-refractivity contribution in [3.63, 3.8) is 0 Å². The molecule has 4 aromatic carbocycles. The van der Waals surface area contributed by atoms with E-state index in [0.29, 0.717) is 18.2 Å². The molecule has 0 atom stereocenters.